The fourth-order valence-corrected chi connectivity index (χ4v) is 3.86. The summed E-state index contributed by atoms with van der Waals surface area (Å²) in [6.45, 7) is 6.21. The molecule has 3 rings (SSSR count). The summed E-state index contributed by atoms with van der Waals surface area (Å²) in [6.07, 6.45) is 2.56. The van der Waals surface area contributed by atoms with Crippen molar-refractivity contribution in [3.05, 3.63) is 45.4 Å². The van der Waals surface area contributed by atoms with Crippen LogP contribution in [0.3, 0.4) is 0 Å². The maximum absolute atomic E-state index is 12.5. The first-order valence-corrected chi connectivity index (χ1v) is 8.96. The summed E-state index contributed by atoms with van der Waals surface area (Å²) < 4.78 is 0. The van der Waals surface area contributed by atoms with Crippen LogP contribution in [0.25, 0.3) is 0 Å². The number of primary amides is 1. The second-order valence-corrected chi connectivity index (χ2v) is 7.21. The number of H-pyrrole nitrogens is 1. The quantitative estimate of drug-likeness (QED) is 0.864. The van der Waals surface area contributed by atoms with E-state index in [0.29, 0.717) is 24.3 Å². The molecular formula is C17H22N4O2S. The van der Waals surface area contributed by atoms with Crippen molar-refractivity contribution >= 4 is 23.2 Å². The van der Waals surface area contributed by atoms with Gasteiger partial charge in [0.15, 0.2) is 0 Å². The largest absolute Gasteiger partial charge is 0.366 e. The first-order chi connectivity index (χ1) is 11.6. The highest BCUT2D eigenvalue weighted by molar-refractivity contribution is 7.11. The highest BCUT2D eigenvalue weighted by Crippen LogP contribution is 2.19. The van der Waals surface area contributed by atoms with Gasteiger partial charge in [0, 0.05) is 48.7 Å². The van der Waals surface area contributed by atoms with E-state index in [1.54, 1.807) is 0 Å². The van der Waals surface area contributed by atoms with Crippen molar-refractivity contribution in [2.24, 2.45) is 5.73 Å². The van der Waals surface area contributed by atoms with Crippen LogP contribution in [0, 0.1) is 0 Å². The van der Waals surface area contributed by atoms with Gasteiger partial charge in [-0.3, -0.25) is 14.5 Å². The number of piperazine rings is 1. The average molecular weight is 346 g/mol. The van der Waals surface area contributed by atoms with E-state index in [1.165, 1.54) is 22.0 Å². The lowest BCUT2D eigenvalue weighted by Gasteiger charge is -2.34. The van der Waals surface area contributed by atoms with Crippen LogP contribution in [0.1, 0.15) is 37.5 Å². The Balaban J connectivity index is 1.54. The first-order valence-electron chi connectivity index (χ1n) is 8.14. The number of hydrogen-bond acceptors (Lipinski definition) is 4. The monoisotopic (exact) mass is 346 g/mol. The SMILES string of the molecule is CCc1ccc(CN2CCN(C(=O)c3cc(C(N)=O)c[nH]3)CC2)s1. The molecule has 7 heteroatoms. The zero-order chi connectivity index (χ0) is 17.1. The minimum atomic E-state index is -0.530. The number of nitrogens with two attached hydrogens (primary N) is 1. The molecule has 0 radical (unpaired) electrons. The number of amides is 2. The normalized spacial score (nSPS) is 15.6. The van der Waals surface area contributed by atoms with E-state index in [9.17, 15) is 9.59 Å². The van der Waals surface area contributed by atoms with Gasteiger partial charge >= 0.3 is 0 Å². The Hall–Kier alpha value is -2.12. The molecule has 3 heterocycles. The highest BCUT2D eigenvalue weighted by Gasteiger charge is 2.23. The third-order valence-electron chi connectivity index (χ3n) is 4.30. The summed E-state index contributed by atoms with van der Waals surface area (Å²) in [5.41, 5.74) is 5.97. The zero-order valence-corrected chi connectivity index (χ0v) is 14.6. The molecule has 0 aromatic carbocycles. The van der Waals surface area contributed by atoms with E-state index in [-0.39, 0.29) is 5.91 Å². The molecule has 0 saturated carbocycles. The number of aromatic amines is 1. The van der Waals surface area contributed by atoms with Crippen LogP contribution < -0.4 is 5.73 Å². The van der Waals surface area contributed by atoms with E-state index in [2.05, 4.69) is 28.9 Å². The molecule has 1 aliphatic heterocycles. The van der Waals surface area contributed by atoms with Crippen LogP contribution in [0.15, 0.2) is 24.4 Å². The molecule has 0 atom stereocenters. The Kier molecular flexibility index (Phi) is 5.01. The van der Waals surface area contributed by atoms with E-state index in [4.69, 9.17) is 5.73 Å². The van der Waals surface area contributed by atoms with Crippen molar-refractivity contribution in [2.45, 2.75) is 19.9 Å². The number of hydrogen-bond donors (Lipinski definition) is 2. The third-order valence-corrected chi connectivity index (χ3v) is 5.52. The maximum Gasteiger partial charge on any atom is 0.270 e. The van der Waals surface area contributed by atoms with Crippen molar-refractivity contribution < 1.29 is 9.59 Å². The highest BCUT2D eigenvalue weighted by atomic mass is 32.1. The van der Waals surface area contributed by atoms with Crippen LogP contribution in [0.2, 0.25) is 0 Å². The van der Waals surface area contributed by atoms with Crippen LogP contribution in [-0.2, 0) is 13.0 Å². The molecule has 24 heavy (non-hydrogen) atoms. The summed E-state index contributed by atoms with van der Waals surface area (Å²) in [5, 5.41) is 0. The number of nitrogens with zero attached hydrogens (tertiary/aromatic N) is 2. The van der Waals surface area contributed by atoms with E-state index >= 15 is 0 Å². The predicted molar refractivity (Wildman–Crippen MR) is 94.2 cm³/mol. The van der Waals surface area contributed by atoms with E-state index in [0.717, 1.165) is 26.1 Å². The van der Waals surface area contributed by atoms with Gasteiger partial charge in [-0.2, -0.15) is 0 Å². The molecule has 0 bridgehead atoms. The second kappa shape index (κ2) is 7.19. The van der Waals surface area contributed by atoms with Crippen molar-refractivity contribution in [1.82, 2.24) is 14.8 Å². The Bertz CT molecular complexity index is 729. The van der Waals surface area contributed by atoms with Gasteiger partial charge in [0.2, 0.25) is 5.91 Å². The molecule has 1 fully saturated rings. The molecule has 128 valence electrons. The standard InChI is InChI=1S/C17H22N4O2S/c1-2-13-3-4-14(24-13)11-20-5-7-21(8-6-20)17(23)15-9-12(10-19-15)16(18)22/h3-4,9-10,19H,2,5-8,11H2,1H3,(H2,18,22). The van der Waals surface area contributed by atoms with Crippen LogP contribution in [-0.4, -0.2) is 52.8 Å². The van der Waals surface area contributed by atoms with Crippen molar-refractivity contribution in [3.63, 3.8) is 0 Å². The third kappa shape index (κ3) is 3.68. The molecule has 1 aliphatic rings. The zero-order valence-electron chi connectivity index (χ0n) is 13.7. The summed E-state index contributed by atoms with van der Waals surface area (Å²) in [7, 11) is 0. The van der Waals surface area contributed by atoms with Gasteiger partial charge in [0.05, 0.1) is 5.56 Å². The number of rotatable bonds is 5. The van der Waals surface area contributed by atoms with Crippen LogP contribution in [0.5, 0.6) is 0 Å². The van der Waals surface area contributed by atoms with Crippen LogP contribution in [0.4, 0.5) is 0 Å². The lowest BCUT2D eigenvalue weighted by atomic mass is 10.2. The number of carbonyl (C=O) groups is 2. The summed E-state index contributed by atoms with van der Waals surface area (Å²) in [6, 6.07) is 5.92. The molecule has 0 unspecified atom stereocenters. The van der Waals surface area contributed by atoms with Crippen LogP contribution >= 0.6 is 11.3 Å². The Morgan fingerprint density at radius 3 is 2.50 bits per heavy atom. The summed E-state index contributed by atoms with van der Waals surface area (Å²) in [5.74, 6) is -0.607. The van der Waals surface area contributed by atoms with Gasteiger partial charge in [-0.15, -0.1) is 11.3 Å². The molecule has 6 nitrogen and oxygen atoms in total. The molecule has 0 spiro atoms. The van der Waals surface area contributed by atoms with Gasteiger partial charge in [-0.25, -0.2) is 0 Å². The maximum atomic E-state index is 12.5. The van der Waals surface area contributed by atoms with Gasteiger partial charge in [-0.1, -0.05) is 6.92 Å². The topological polar surface area (TPSA) is 82.4 Å². The van der Waals surface area contributed by atoms with Gasteiger partial charge in [0.1, 0.15) is 5.69 Å². The van der Waals surface area contributed by atoms with E-state index in [1.807, 2.05) is 16.2 Å². The minimum Gasteiger partial charge on any atom is -0.366 e. The Morgan fingerprint density at radius 1 is 1.21 bits per heavy atom. The second-order valence-electron chi connectivity index (χ2n) is 5.96. The molecule has 1 saturated heterocycles. The average Bonchev–Trinajstić information content (AvgIpc) is 3.24. The number of nitrogens with one attached hydrogen (secondary N) is 1. The predicted octanol–water partition coefficient (Wildman–Crippen LogP) is 1.70. The molecule has 3 N–H and O–H groups in total. The molecular weight excluding hydrogens is 324 g/mol. The fourth-order valence-electron chi connectivity index (χ4n) is 2.86. The number of aryl methyl sites for hydroxylation is 1. The lowest BCUT2D eigenvalue weighted by Crippen LogP contribution is -2.48. The fraction of sp³-hybridized carbons (Fsp3) is 0.412. The summed E-state index contributed by atoms with van der Waals surface area (Å²) in [4.78, 5) is 33.4. The molecule has 2 amide bonds. The Morgan fingerprint density at radius 2 is 1.92 bits per heavy atom. The van der Waals surface area contributed by atoms with Crippen molar-refractivity contribution in [3.8, 4) is 0 Å². The smallest absolute Gasteiger partial charge is 0.270 e. The first kappa shape index (κ1) is 16.7. The van der Waals surface area contributed by atoms with E-state index < -0.39 is 5.91 Å². The number of thiophene rings is 1. The Labute approximate surface area is 145 Å². The van der Waals surface area contributed by atoms with Gasteiger partial charge in [0.25, 0.3) is 5.91 Å². The van der Waals surface area contributed by atoms with Gasteiger partial charge < -0.3 is 15.6 Å². The minimum absolute atomic E-state index is 0.0773. The van der Waals surface area contributed by atoms with Gasteiger partial charge in [-0.05, 0) is 24.6 Å². The number of carbonyl (C=O) groups excluding carboxylic acids is 2. The molecule has 0 aliphatic carbocycles. The lowest BCUT2D eigenvalue weighted by molar-refractivity contribution is 0.0624. The number of aromatic nitrogens is 1. The van der Waals surface area contributed by atoms with Crippen molar-refractivity contribution in [2.75, 3.05) is 26.2 Å². The molecule has 2 aromatic rings. The molecule has 2 aromatic heterocycles. The van der Waals surface area contributed by atoms with Crippen molar-refractivity contribution in [1.29, 1.82) is 0 Å². The summed E-state index contributed by atoms with van der Waals surface area (Å²) >= 11 is 1.86.